The Hall–Kier alpha value is -0.880. The smallest absolute Gasteiger partial charge is 0.243 e. The van der Waals surface area contributed by atoms with Crippen molar-refractivity contribution in [2.45, 2.75) is 18.4 Å². The molecule has 0 aliphatic heterocycles. The molecule has 0 aromatic heterocycles. The van der Waals surface area contributed by atoms with E-state index in [-0.39, 0.29) is 11.4 Å². The molecule has 0 unspecified atom stereocenters. The lowest BCUT2D eigenvalue weighted by atomic mass is 10.2. The van der Waals surface area contributed by atoms with E-state index >= 15 is 0 Å². The van der Waals surface area contributed by atoms with Crippen LogP contribution >= 0.6 is 11.6 Å². The van der Waals surface area contributed by atoms with Gasteiger partial charge in [-0.3, -0.25) is 0 Å². The van der Waals surface area contributed by atoms with Crippen molar-refractivity contribution in [1.29, 1.82) is 0 Å². The Morgan fingerprint density at radius 3 is 2.74 bits per heavy atom. The van der Waals surface area contributed by atoms with E-state index in [1.165, 1.54) is 17.4 Å². The molecule has 0 radical (unpaired) electrons. The maximum absolute atomic E-state index is 12.3. The van der Waals surface area contributed by atoms with Crippen molar-refractivity contribution in [3.05, 3.63) is 41.4 Å². The molecule has 1 N–H and O–H groups in total. The Morgan fingerprint density at radius 1 is 1.47 bits per heavy atom. The maximum Gasteiger partial charge on any atom is 0.243 e. The summed E-state index contributed by atoms with van der Waals surface area (Å²) in [5.41, 5.74) is 0.775. The Morgan fingerprint density at radius 2 is 2.16 bits per heavy atom. The van der Waals surface area contributed by atoms with Gasteiger partial charge >= 0.3 is 0 Å². The van der Waals surface area contributed by atoms with Crippen LogP contribution in [0.1, 0.15) is 12.5 Å². The molecule has 0 fully saturated rings. The van der Waals surface area contributed by atoms with Crippen LogP contribution < -0.4 is 5.32 Å². The van der Waals surface area contributed by atoms with Crippen molar-refractivity contribution >= 4 is 21.6 Å². The quantitative estimate of drug-likeness (QED) is 0.786. The molecule has 106 valence electrons. The average molecular weight is 303 g/mol. The molecule has 0 saturated carbocycles. The van der Waals surface area contributed by atoms with E-state index in [9.17, 15) is 8.42 Å². The predicted molar refractivity (Wildman–Crippen MR) is 78.8 cm³/mol. The Kier molecular flexibility index (Phi) is 6.00. The van der Waals surface area contributed by atoms with Gasteiger partial charge in [0.1, 0.15) is 0 Å². The summed E-state index contributed by atoms with van der Waals surface area (Å²) in [7, 11) is -1.97. The van der Waals surface area contributed by atoms with Crippen LogP contribution in [0.2, 0.25) is 5.02 Å². The van der Waals surface area contributed by atoms with Crippen molar-refractivity contribution < 1.29 is 8.42 Å². The van der Waals surface area contributed by atoms with Crippen molar-refractivity contribution in [2.75, 3.05) is 20.1 Å². The van der Waals surface area contributed by atoms with E-state index in [0.29, 0.717) is 11.6 Å². The Bertz CT molecular complexity index is 544. The summed E-state index contributed by atoms with van der Waals surface area (Å²) in [5.74, 6) is 0. The lowest BCUT2D eigenvalue weighted by Gasteiger charge is -2.16. The van der Waals surface area contributed by atoms with Gasteiger partial charge in [0.25, 0.3) is 0 Å². The van der Waals surface area contributed by atoms with E-state index < -0.39 is 10.0 Å². The zero-order valence-electron chi connectivity index (χ0n) is 11.2. The first-order valence-corrected chi connectivity index (χ1v) is 7.81. The Balaban J connectivity index is 3.10. The fourth-order valence-electron chi connectivity index (χ4n) is 1.57. The van der Waals surface area contributed by atoms with E-state index in [1.807, 2.05) is 6.92 Å². The summed E-state index contributed by atoms with van der Waals surface area (Å²) in [6, 6.07) is 4.75. The molecule has 1 rings (SSSR count). The predicted octanol–water partition coefficient (Wildman–Crippen LogP) is 2.26. The number of hydrogen-bond acceptors (Lipinski definition) is 3. The van der Waals surface area contributed by atoms with Gasteiger partial charge in [-0.15, -0.1) is 6.58 Å². The summed E-state index contributed by atoms with van der Waals surface area (Å²) >= 11 is 6.06. The number of rotatable bonds is 7. The number of sulfonamides is 1. The van der Waals surface area contributed by atoms with Crippen LogP contribution in [-0.2, 0) is 16.6 Å². The van der Waals surface area contributed by atoms with Crippen molar-refractivity contribution in [3.63, 3.8) is 0 Å². The van der Waals surface area contributed by atoms with Crippen LogP contribution in [0.4, 0.5) is 0 Å². The molecule has 0 spiro atoms. The summed E-state index contributed by atoms with van der Waals surface area (Å²) in [4.78, 5) is 0.245. The lowest BCUT2D eigenvalue weighted by Crippen LogP contribution is -2.27. The summed E-state index contributed by atoms with van der Waals surface area (Å²) < 4.78 is 25.8. The molecule has 1 aromatic carbocycles. The van der Waals surface area contributed by atoms with Crippen LogP contribution in [0.25, 0.3) is 0 Å². The van der Waals surface area contributed by atoms with Gasteiger partial charge < -0.3 is 5.32 Å². The molecule has 19 heavy (non-hydrogen) atoms. The molecule has 0 heterocycles. The topological polar surface area (TPSA) is 49.4 Å². The third kappa shape index (κ3) is 4.04. The van der Waals surface area contributed by atoms with E-state index in [1.54, 1.807) is 18.2 Å². The highest BCUT2D eigenvalue weighted by atomic mass is 35.5. The highest BCUT2D eigenvalue weighted by molar-refractivity contribution is 7.89. The van der Waals surface area contributed by atoms with Gasteiger partial charge in [0.15, 0.2) is 0 Å². The first-order valence-electron chi connectivity index (χ1n) is 5.99. The van der Waals surface area contributed by atoms with Gasteiger partial charge in [0.05, 0.1) is 4.90 Å². The second-order valence-corrected chi connectivity index (χ2v) is 6.56. The van der Waals surface area contributed by atoms with E-state index in [0.717, 1.165) is 12.1 Å². The average Bonchev–Trinajstić information content (AvgIpc) is 2.37. The number of benzene rings is 1. The first-order chi connectivity index (χ1) is 8.93. The first kappa shape index (κ1) is 16.2. The minimum Gasteiger partial charge on any atom is -0.313 e. The van der Waals surface area contributed by atoms with Gasteiger partial charge in [-0.2, -0.15) is 4.31 Å². The molecule has 1 aromatic rings. The van der Waals surface area contributed by atoms with Gasteiger partial charge in [0, 0.05) is 25.2 Å². The molecular formula is C13H19ClN2O2S. The van der Waals surface area contributed by atoms with Crippen LogP contribution in [0.15, 0.2) is 35.7 Å². The Labute approximate surface area is 120 Å². The third-order valence-electron chi connectivity index (χ3n) is 2.68. The number of hydrogen-bond donors (Lipinski definition) is 1. The minimum absolute atomic E-state index is 0.245. The fourth-order valence-corrected chi connectivity index (χ4v) is 2.94. The summed E-state index contributed by atoms with van der Waals surface area (Å²) in [6.07, 6.45) is 1.55. The van der Waals surface area contributed by atoms with Crippen LogP contribution in [0.5, 0.6) is 0 Å². The maximum atomic E-state index is 12.3. The largest absolute Gasteiger partial charge is 0.313 e. The molecule has 0 aliphatic carbocycles. The van der Waals surface area contributed by atoms with E-state index in [2.05, 4.69) is 11.9 Å². The van der Waals surface area contributed by atoms with Crippen LogP contribution in [0.3, 0.4) is 0 Å². The SMILES string of the molecule is C=CCN(C)S(=O)(=O)c1ccc(Cl)c(CNCC)c1. The van der Waals surface area contributed by atoms with Gasteiger partial charge in [0.2, 0.25) is 10.0 Å². The number of nitrogens with zero attached hydrogens (tertiary/aromatic N) is 1. The van der Waals surface area contributed by atoms with E-state index in [4.69, 9.17) is 11.6 Å². The lowest BCUT2D eigenvalue weighted by molar-refractivity contribution is 0.499. The van der Waals surface area contributed by atoms with Crippen molar-refractivity contribution in [2.24, 2.45) is 0 Å². The molecule has 0 amide bonds. The standard InChI is InChI=1S/C13H19ClN2O2S/c1-4-8-16(3)19(17,18)12-6-7-13(14)11(9-12)10-15-5-2/h4,6-7,9,15H,1,5,8,10H2,2-3H3. The second-order valence-electron chi connectivity index (χ2n) is 4.11. The monoisotopic (exact) mass is 302 g/mol. The van der Waals surface area contributed by atoms with Gasteiger partial charge in [-0.1, -0.05) is 24.6 Å². The zero-order chi connectivity index (χ0) is 14.5. The third-order valence-corrected chi connectivity index (χ3v) is 4.87. The number of halogens is 1. The number of nitrogens with one attached hydrogen (secondary N) is 1. The highest BCUT2D eigenvalue weighted by Crippen LogP contribution is 2.22. The molecule has 0 bridgehead atoms. The van der Waals surface area contributed by atoms with Crippen molar-refractivity contribution in [3.8, 4) is 0 Å². The minimum atomic E-state index is -3.49. The molecule has 0 atom stereocenters. The van der Waals surface area contributed by atoms with Crippen molar-refractivity contribution in [1.82, 2.24) is 9.62 Å². The van der Waals surface area contributed by atoms with Crippen LogP contribution in [0, 0.1) is 0 Å². The summed E-state index contributed by atoms with van der Waals surface area (Å²) in [5, 5.41) is 3.69. The zero-order valence-corrected chi connectivity index (χ0v) is 12.8. The molecule has 0 aliphatic rings. The normalized spacial score (nSPS) is 11.8. The molecular weight excluding hydrogens is 284 g/mol. The van der Waals surface area contributed by atoms with Gasteiger partial charge in [-0.25, -0.2) is 8.42 Å². The summed E-state index contributed by atoms with van der Waals surface area (Å²) in [6.45, 7) is 7.13. The fraction of sp³-hybridized carbons (Fsp3) is 0.385. The highest BCUT2D eigenvalue weighted by Gasteiger charge is 2.20. The van der Waals surface area contributed by atoms with Gasteiger partial charge in [-0.05, 0) is 30.3 Å². The second kappa shape index (κ2) is 7.05. The number of likely N-dealkylation sites (N-methyl/N-ethyl adjacent to an activating group) is 1. The molecule has 0 saturated heterocycles. The molecule has 4 nitrogen and oxygen atoms in total. The van der Waals surface area contributed by atoms with Crippen LogP contribution in [-0.4, -0.2) is 32.9 Å². The molecule has 6 heteroatoms.